The fourth-order valence-electron chi connectivity index (χ4n) is 4.29. The first-order valence-electron chi connectivity index (χ1n) is 11.2. The first kappa shape index (κ1) is 25.5. The summed E-state index contributed by atoms with van der Waals surface area (Å²) in [7, 11) is 0. The SMILES string of the molecule is CC(=S)NC[C@H]1CN(c2ccc(N3CCC(C#N)(Nc4ccc(F)c(F)c4F)CC3)c(F)c2)C(=O)O1. The molecule has 2 aromatic carbocycles. The van der Waals surface area contributed by atoms with Crippen LogP contribution in [0, 0.1) is 34.6 Å². The molecule has 2 aromatic rings. The number of amides is 1. The third-order valence-corrected chi connectivity index (χ3v) is 6.42. The highest BCUT2D eigenvalue weighted by molar-refractivity contribution is 7.80. The Morgan fingerprint density at radius 1 is 1.17 bits per heavy atom. The minimum atomic E-state index is -1.62. The number of cyclic esters (lactones) is 1. The predicted octanol–water partition coefficient (Wildman–Crippen LogP) is 4.48. The molecule has 1 atom stereocenters. The Bertz CT molecular complexity index is 1230. The second-order valence-electron chi connectivity index (χ2n) is 8.72. The molecule has 36 heavy (non-hydrogen) atoms. The lowest BCUT2D eigenvalue weighted by Crippen LogP contribution is -2.48. The van der Waals surface area contributed by atoms with Crippen LogP contribution in [0.5, 0.6) is 0 Å². The highest BCUT2D eigenvalue weighted by Gasteiger charge is 2.37. The van der Waals surface area contributed by atoms with Gasteiger partial charge in [0, 0.05) is 25.9 Å². The highest BCUT2D eigenvalue weighted by Crippen LogP contribution is 2.34. The van der Waals surface area contributed by atoms with E-state index < -0.39 is 41.0 Å². The number of rotatable bonds is 6. The molecule has 0 spiro atoms. The second kappa shape index (κ2) is 10.2. The van der Waals surface area contributed by atoms with E-state index in [1.54, 1.807) is 24.0 Å². The monoisotopic (exact) mass is 521 g/mol. The molecule has 190 valence electrons. The quantitative estimate of drug-likeness (QED) is 0.330. The van der Waals surface area contributed by atoms with Crippen molar-refractivity contribution in [2.75, 3.05) is 41.3 Å². The molecular formula is C24H23F4N5O2S. The van der Waals surface area contributed by atoms with E-state index in [0.717, 1.165) is 12.1 Å². The number of piperidine rings is 1. The topological polar surface area (TPSA) is 80.6 Å². The Hall–Kier alpha value is -3.59. The number of anilines is 3. The summed E-state index contributed by atoms with van der Waals surface area (Å²) in [4.78, 5) is 15.9. The van der Waals surface area contributed by atoms with E-state index in [9.17, 15) is 23.2 Å². The Kier molecular flexibility index (Phi) is 7.21. The number of benzene rings is 2. The molecule has 2 aliphatic heterocycles. The summed E-state index contributed by atoms with van der Waals surface area (Å²) in [5, 5.41) is 15.4. The molecule has 7 nitrogen and oxygen atoms in total. The van der Waals surface area contributed by atoms with Crippen molar-refractivity contribution in [3.05, 3.63) is 53.6 Å². The first-order valence-corrected chi connectivity index (χ1v) is 11.6. The smallest absolute Gasteiger partial charge is 0.414 e. The van der Waals surface area contributed by atoms with E-state index in [-0.39, 0.29) is 43.9 Å². The zero-order valence-electron chi connectivity index (χ0n) is 19.3. The zero-order valence-corrected chi connectivity index (χ0v) is 20.1. The van der Waals surface area contributed by atoms with E-state index in [1.807, 2.05) is 0 Å². The summed E-state index contributed by atoms with van der Waals surface area (Å²) in [6.07, 6.45) is -0.653. The van der Waals surface area contributed by atoms with E-state index in [2.05, 4.69) is 16.7 Å². The normalized spacial score (nSPS) is 19.0. The number of ether oxygens (including phenoxy) is 1. The van der Waals surface area contributed by atoms with Crippen molar-refractivity contribution in [3.8, 4) is 6.07 Å². The van der Waals surface area contributed by atoms with Crippen LogP contribution in [0.3, 0.4) is 0 Å². The van der Waals surface area contributed by atoms with Gasteiger partial charge in [-0.1, -0.05) is 12.2 Å². The highest BCUT2D eigenvalue weighted by atomic mass is 32.1. The lowest BCUT2D eigenvalue weighted by Gasteiger charge is -2.39. The van der Waals surface area contributed by atoms with Crippen molar-refractivity contribution in [1.29, 1.82) is 5.26 Å². The van der Waals surface area contributed by atoms with Crippen molar-refractivity contribution < 1.29 is 27.1 Å². The fraction of sp³-hybridized carbons (Fsp3) is 0.375. The van der Waals surface area contributed by atoms with Gasteiger partial charge in [-0.3, -0.25) is 4.90 Å². The number of hydrogen-bond donors (Lipinski definition) is 2. The predicted molar refractivity (Wildman–Crippen MR) is 130 cm³/mol. The number of nitriles is 1. The van der Waals surface area contributed by atoms with Crippen LogP contribution in [0.25, 0.3) is 0 Å². The Morgan fingerprint density at radius 3 is 2.53 bits per heavy atom. The molecule has 2 fully saturated rings. The van der Waals surface area contributed by atoms with Gasteiger partial charge in [0.15, 0.2) is 17.5 Å². The van der Waals surface area contributed by atoms with Crippen LogP contribution in [0.4, 0.5) is 39.4 Å². The van der Waals surface area contributed by atoms with Crippen molar-refractivity contribution in [3.63, 3.8) is 0 Å². The summed E-state index contributed by atoms with van der Waals surface area (Å²) in [5.41, 5.74) is -0.916. The number of carbonyl (C=O) groups excluding carboxylic acids is 1. The van der Waals surface area contributed by atoms with Gasteiger partial charge < -0.3 is 20.3 Å². The minimum absolute atomic E-state index is 0.176. The minimum Gasteiger partial charge on any atom is -0.442 e. The lowest BCUT2D eigenvalue weighted by molar-refractivity contribution is 0.143. The molecule has 0 aliphatic carbocycles. The average molecular weight is 522 g/mol. The Morgan fingerprint density at radius 2 is 1.89 bits per heavy atom. The standard InChI is InChI=1S/C24H23F4N5O2S/c1-14(36)30-11-16-12-33(23(34)35-16)15-2-5-20(18(26)10-15)32-8-6-24(13-29,7-9-32)31-19-4-3-17(25)21(27)22(19)28/h2-5,10,16,31H,6-9,11-12H2,1H3,(H,30,36)/t16-/m0/s1. The van der Waals surface area contributed by atoms with Gasteiger partial charge >= 0.3 is 6.09 Å². The Labute approximate surface area is 210 Å². The van der Waals surface area contributed by atoms with E-state index >= 15 is 4.39 Å². The van der Waals surface area contributed by atoms with Crippen molar-refractivity contribution >= 4 is 40.4 Å². The summed E-state index contributed by atoms with van der Waals surface area (Å²) >= 11 is 4.96. The van der Waals surface area contributed by atoms with Gasteiger partial charge in [-0.15, -0.1) is 0 Å². The van der Waals surface area contributed by atoms with Crippen LogP contribution >= 0.6 is 12.2 Å². The van der Waals surface area contributed by atoms with Crippen LogP contribution in [-0.2, 0) is 4.74 Å². The maximum absolute atomic E-state index is 15.1. The number of nitrogens with zero attached hydrogens (tertiary/aromatic N) is 3. The van der Waals surface area contributed by atoms with Gasteiger partial charge in [0.2, 0.25) is 0 Å². The van der Waals surface area contributed by atoms with E-state index in [1.165, 1.54) is 11.0 Å². The average Bonchev–Trinajstić information content (AvgIpc) is 3.24. The number of halogens is 4. The Balaban J connectivity index is 1.42. The molecular weight excluding hydrogens is 498 g/mol. The van der Waals surface area contributed by atoms with Gasteiger partial charge in [0.05, 0.1) is 41.2 Å². The van der Waals surface area contributed by atoms with Crippen LogP contribution < -0.4 is 20.4 Å². The van der Waals surface area contributed by atoms with Gasteiger partial charge in [0.1, 0.15) is 17.5 Å². The van der Waals surface area contributed by atoms with E-state index in [4.69, 9.17) is 17.0 Å². The van der Waals surface area contributed by atoms with Crippen LogP contribution in [-0.4, -0.2) is 48.9 Å². The molecule has 0 radical (unpaired) electrons. The maximum atomic E-state index is 15.1. The summed E-state index contributed by atoms with van der Waals surface area (Å²) in [6, 6.07) is 8.33. The maximum Gasteiger partial charge on any atom is 0.414 e. The molecule has 0 saturated carbocycles. The van der Waals surface area contributed by atoms with Crippen molar-refractivity contribution in [1.82, 2.24) is 5.32 Å². The molecule has 0 unspecified atom stereocenters. The summed E-state index contributed by atoms with van der Waals surface area (Å²) in [6.45, 7) is 2.82. The van der Waals surface area contributed by atoms with Crippen LogP contribution in [0.15, 0.2) is 30.3 Å². The van der Waals surface area contributed by atoms with E-state index in [0.29, 0.717) is 17.2 Å². The van der Waals surface area contributed by atoms with Gasteiger partial charge in [-0.25, -0.2) is 22.4 Å². The number of nitrogens with one attached hydrogen (secondary N) is 2. The largest absolute Gasteiger partial charge is 0.442 e. The number of thiocarbonyl (C=S) groups is 1. The number of hydrogen-bond acceptors (Lipinski definition) is 6. The van der Waals surface area contributed by atoms with Crippen LogP contribution in [0.2, 0.25) is 0 Å². The molecule has 4 rings (SSSR count). The van der Waals surface area contributed by atoms with Crippen LogP contribution in [0.1, 0.15) is 19.8 Å². The zero-order chi connectivity index (χ0) is 26.0. The van der Waals surface area contributed by atoms with Gasteiger partial charge in [0.25, 0.3) is 0 Å². The van der Waals surface area contributed by atoms with Crippen molar-refractivity contribution in [2.45, 2.75) is 31.4 Å². The molecule has 2 saturated heterocycles. The molecule has 1 amide bonds. The van der Waals surface area contributed by atoms with Gasteiger partial charge in [-0.05, 0) is 37.3 Å². The third kappa shape index (κ3) is 5.16. The molecule has 2 aliphatic rings. The molecule has 2 heterocycles. The summed E-state index contributed by atoms with van der Waals surface area (Å²) < 4.78 is 61.3. The lowest BCUT2D eigenvalue weighted by atomic mass is 9.88. The summed E-state index contributed by atoms with van der Waals surface area (Å²) in [5.74, 6) is -4.89. The molecule has 12 heteroatoms. The third-order valence-electron chi connectivity index (χ3n) is 6.28. The van der Waals surface area contributed by atoms with Crippen molar-refractivity contribution in [2.24, 2.45) is 0 Å². The molecule has 0 aromatic heterocycles. The molecule has 0 bridgehead atoms. The number of carbonyl (C=O) groups is 1. The second-order valence-corrected chi connectivity index (χ2v) is 9.33. The fourth-order valence-corrected chi connectivity index (χ4v) is 4.37. The first-order chi connectivity index (χ1) is 17.1. The molecule has 2 N–H and O–H groups in total. The van der Waals surface area contributed by atoms with Gasteiger partial charge in [-0.2, -0.15) is 5.26 Å².